The van der Waals surface area contributed by atoms with Crippen LogP contribution in [0.3, 0.4) is 0 Å². The van der Waals surface area contributed by atoms with Gasteiger partial charge in [-0.3, -0.25) is 0 Å². The van der Waals surface area contributed by atoms with Gasteiger partial charge in [0.25, 0.3) is 0 Å². The fourth-order valence-corrected chi connectivity index (χ4v) is 2.63. The molecule has 0 saturated heterocycles. The SMILES string of the molecule is Cc1ccc2c(c1)n1cccc1c1cccn12. The van der Waals surface area contributed by atoms with Crippen LogP contribution in [0.25, 0.3) is 22.1 Å². The number of fused-ring (bicyclic) bond motifs is 6. The first kappa shape index (κ1) is 8.88. The average Bonchev–Trinajstić information content (AvgIpc) is 2.97. The smallest absolute Gasteiger partial charge is 0.0700 e. The molecule has 2 nitrogen and oxygen atoms in total. The maximum Gasteiger partial charge on any atom is 0.0700 e. The second-order valence-electron chi connectivity index (χ2n) is 4.52. The van der Waals surface area contributed by atoms with Crippen molar-refractivity contribution in [2.45, 2.75) is 6.92 Å². The van der Waals surface area contributed by atoms with E-state index in [1.807, 2.05) is 0 Å². The van der Waals surface area contributed by atoms with Crippen LogP contribution in [0.4, 0.5) is 0 Å². The molecule has 0 spiro atoms. The lowest BCUT2D eigenvalue weighted by Crippen LogP contribution is -1.94. The first-order valence-electron chi connectivity index (χ1n) is 5.81. The van der Waals surface area contributed by atoms with Crippen molar-refractivity contribution in [3.8, 4) is 0 Å². The van der Waals surface area contributed by atoms with Crippen LogP contribution >= 0.6 is 0 Å². The highest BCUT2D eigenvalue weighted by Gasteiger charge is 2.06. The Hall–Kier alpha value is -2.22. The quantitative estimate of drug-likeness (QED) is 0.427. The summed E-state index contributed by atoms with van der Waals surface area (Å²) in [4.78, 5) is 0. The van der Waals surface area contributed by atoms with E-state index in [0.29, 0.717) is 0 Å². The van der Waals surface area contributed by atoms with Gasteiger partial charge in [0.1, 0.15) is 0 Å². The predicted octanol–water partition coefficient (Wildman–Crippen LogP) is 3.65. The molecule has 0 aliphatic heterocycles. The van der Waals surface area contributed by atoms with E-state index < -0.39 is 0 Å². The summed E-state index contributed by atoms with van der Waals surface area (Å²) in [6.07, 6.45) is 4.25. The van der Waals surface area contributed by atoms with E-state index in [0.717, 1.165) is 0 Å². The molecule has 17 heavy (non-hydrogen) atoms. The minimum Gasteiger partial charge on any atom is -0.313 e. The van der Waals surface area contributed by atoms with Crippen molar-refractivity contribution in [3.63, 3.8) is 0 Å². The van der Waals surface area contributed by atoms with Gasteiger partial charge in [-0.15, -0.1) is 0 Å². The van der Waals surface area contributed by atoms with E-state index in [-0.39, 0.29) is 0 Å². The van der Waals surface area contributed by atoms with Gasteiger partial charge >= 0.3 is 0 Å². The Morgan fingerprint density at radius 2 is 1.29 bits per heavy atom. The second kappa shape index (κ2) is 2.92. The first-order chi connectivity index (χ1) is 8.34. The van der Waals surface area contributed by atoms with Crippen molar-refractivity contribution in [1.29, 1.82) is 0 Å². The van der Waals surface area contributed by atoms with Gasteiger partial charge in [0.15, 0.2) is 0 Å². The van der Waals surface area contributed by atoms with Gasteiger partial charge in [0.2, 0.25) is 0 Å². The maximum absolute atomic E-state index is 2.26. The van der Waals surface area contributed by atoms with Crippen LogP contribution in [0.1, 0.15) is 5.56 Å². The predicted molar refractivity (Wildman–Crippen MR) is 70.6 cm³/mol. The van der Waals surface area contributed by atoms with E-state index in [1.165, 1.54) is 27.6 Å². The van der Waals surface area contributed by atoms with Crippen LogP contribution in [-0.4, -0.2) is 8.80 Å². The van der Waals surface area contributed by atoms with E-state index in [4.69, 9.17) is 0 Å². The number of aryl methyl sites for hydroxylation is 1. The molecule has 0 fully saturated rings. The highest BCUT2D eigenvalue weighted by atomic mass is 15.0. The Morgan fingerprint density at radius 1 is 0.706 bits per heavy atom. The van der Waals surface area contributed by atoms with Crippen molar-refractivity contribution < 1.29 is 0 Å². The summed E-state index contributed by atoms with van der Waals surface area (Å²) in [5, 5.41) is 0. The zero-order valence-electron chi connectivity index (χ0n) is 9.59. The molecular weight excluding hydrogens is 208 g/mol. The molecule has 0 aliphatic carbocycles. The van der Waals surface area contributed by atoms with E-state index in [2.05, 4.69) is 70.6 Å². The number of aromatic nitrogens is 2. The average molecular weight is 220 g/mol. The molecule has 4 rings (SSSR count). The number of hydrogen-bond donors (Lipinski definition) is 0. The van der Waals surface area contributed by atoms with E-state index in [1.54, 1.807) is 0 Å². The summed E-state index contributed by atoms with van der Waals surface area (Å²) in [7, 11) is 0. The Bertz CT molecular complexity index is 849. The highest BCUT2D eigenvalue weighted by Crippen LogP contribution is 2.24. The summed E-state index contributed by atoms with van der Waals surface area (Å²) in [6.45, 7) is 2.13. The van der Waals surface area contributed by atoms with E-state index in [9.17, 15) is 0 Å². The van der Waals surface area contributed by atoms with Gasteiger partial charge in [0, 0.05) is 12.4 Å². The summed E-state index contributed by atoms with van der Waals surface area (Å²) in [5.41, 5.74) is 6.31. The molecule has 0 radical (unpaired) electrons. The fraction of sp³-hybridized carbons (Fsp3) is 0.0667. The molecule has 0 saturated carbocycles. The van der Waals surface area contributed by atoms with Gasteiger partial charge in [-0.1, -0.05) is 6.07 Å². The first-order valence-corrected chi connectivity index (χ1v) is 5.81. The van der Waals surface area contributed by atoms with Crippen molar-refractivity contribution in [1.82, 2.24) is 8.80 Å². The van der Waals surface area contributed by atoms with E-state index >= 15 is 0 Å². The molecule has 1 aromatic carbocycles. The molecule has 3 aromatic heterocycles. The lowest BCUT2D eigenvalue weighted by Gasteiger charge is -2.08. The van der Waals surface area contributed by atoms with Crippen LogP contribution in [0, 0.1) is 6.92 Å². The van der Waals surface area contributed by atoms with Crippen LogP contribution < -0.4 is 0 Å². The zero-order valence-corrected chi connectivity index (χ0v) is 9.59. The Balaban J connectivity index is 2.45. The molecule has 82 valence electrons. The van der Waals surface area contributed by atoms with Crippen LogP contribution in [0.2, 0.25) is 0 Å². The monoisotopic (exact) mass is 220 g/mol. The normalized spacial score (nSPS) is 11.8. The molecular formula is C15H12N2. The number of benzene rings is 1. The summed E-state index contributed by atoms with van der Waals surface area (Å²) < 4.78 is 4.52. The third-order valence-corrected chi connectivity index (χ3v) is 3.41. The number of hydrogen-bond acceptors (Lipinski definition) is 0. The van der Waals surface area contributed by atoms with Gasteiger partial charge in [0.05, 0.1) is 22.1 Å². The van der Waals surface area contributed by atoms with Crippen molar-refractivity contribution in [3.05, 3.63) is 60.4 Å². The molecule has 0 aliphatic rings. The molecule has 0 N–H and O–H groups in total. The fourth-order valence-electron chi connectivity index (χ4n) is 2.63. The number of rotatable bonds is 0. The molecule has 3 heterocycles. The molecule has 2 heteroatoms. The minimum absolute atomic E-state index is 1.25. The van der Waals surface area contributed by atoms with Crippen molar-refractivity contribution in [2.75, 3.05) is 0 Å². The topological polar surface area (TPSA) is 8.82 Å². The van der Waals surface area contributed by atoms with Crippen LogP contribution in [0.15, 0.2) is 54.9 Å². The van der Waals surface area contributed by atoms with Gasteiger partial charge in [-0.05, 0) is 48.9 Å². The molecule has 0 atom stereocenters. The van der Waals surface area contributed by atoms with Gasteiger partial charge in [-0.2, -0.15) is 0 Å². The summed E-state index contributed by atoms with van der Waals surface area (Å²) in [5.74, 6) is 0. The minimum atomic E-state index is 1.25. The Labute approximate surface area is 98.7 Å². The largest absolute Gasteiger partial charge is 0.313 e. The molecule has 0 unspecified atom stereocenters. The zero-order chi connectivity index (χ0) is 11.4. The Morgan fingerprint density at radius 3 is 2.00 bits per heavy atom. The summed E-state index contributed by atoms with van der Waals surface area (Å²) >= 11 is 0. The summed E-state index contributed by atoms with van der Waals surface area (Å²) in [6, 6.07) is 15.1. The standard InChI is InChI=1S/C15H12N2/c1-11-6-7-14-15(10-11)17-9-3-5-13(17)12-4-2-8-16(12)14/h2-10H,1H3. The third-order valence-electron chi connectivity index (χ3n) is 3.41. The molecule has 4 aromatic rings. The van der Waals surface area contributed by atoms with Crippen LogP contribution in [-0.2, 0) is 0 Å². The van der Waals surface area contributed by atoms with Gasteiger partial charge in [-0.25, -0.2) is 0 Å². The van der Waals surface area contributed by atoms with Crippen molar-refractivity contribution >= 4 is 22.1 Å². The third kappa shape index (κ3) is 1.04. The number of nitrogens with zero attached hydrogens (tertiary/aromatic N) is 2. The molecule has 0 bridgehead atoms. The lowest BCUT2D eigenvalue weighted by molar-refractivity contribution is 1.19. The lowest BCUT2D eigenvalue weighted by atomic mass is 10.2. The van der Waals surface area contributed by atoms with Crippen LogP contribution in [0.5, 0.6) is 0 Å². The Kier molecular flexibility index (Phi) is 1.52. The highest BCUT2D eigenvalue weighted by molar-refractivity contribution is 5.89. The second-order valence-corrected chi connectivity index (χ2v) is 4.52. The maximum atomic E-state index is 2.26. The van der Waals surface area contributed by atoms with Gasteiger partial charge < -0.3 is 8.80 Å². The van der Waals surface area contributed by atoms with Crippen molar-refractivity contribution in [2.24, 2.45) is 0 Å². The molecule has 0 amide bonds.